The van der Waals surface area contributed by atoms with Gasteiger partial charge >= 0.3 is 0 Å². The predicted molar refractivity (Wildman–Crippen MR) is 93.2 cm³/mol. The lowest BCUT2D eigenvalue weighted by Crippen LogP contribution is -2.17. The summed E-state index contributed by atoms with van der Waals surface area (Å²) in [7, 11) is 0. The molecule has 0 radical (unpaired) electrons. The molecule has 0 aliphatic carbocycles. The van der Waals surface area contributed by atoms with E-state index in [1.165, 1.54) is 0 Å². The van der Waals surface area contributed by atoms with E-state index in [1.807, 2.05) is 49.4 Å². The molecule has 1 amide bonds. The van der Waals surface area contributed by atoms with Crippen molar-refractivity contribution < 1.29 is 14.3 Å². The summed E-state index contributed by atoms with van der Waals surface area (Å²) in [5.41, 5.74) is 1.85. The minimum absolute atomic E-state index is 0.0145. The highest BCUT2D eigenvalue weighted by molar-refractivity contribution is 9.10. The average Bonchev–Trinajstić information content (AvgIpc) is 2.56. The summed E-state index contributed by atoms with van der Waals surface area (Å²) in [5, 5.41) is 2.93. The van der Waals surface area contributed by atoms with Gasteiger partial charge in [0.25, 0.3) is 0 Å². The fourth-order valence-corrected chi connectivity index (χ4v) is 2.91. The normalized spacial score (nSPS) is 14.2. The zero-order valence-electron chi connectivity index (χ0n) is 12.8. The number of para-hydroxylation sites is 1. The lowest BCUT2D eigenvalue weighted by atomic mass is 9.97. The van der Waals surface area contributed by atoms with Crippen molar-refractivity contribution in [2.24, 2.45) is 0 Å². The van der Waals surface area contributed by atoms with Gasteiger partial charge in [-0.25, -0.2) is 0 Å². The number of fused-ring (bicyclic) bond motifs is 1. The Labute approximate surface area is 143 Å². The zero-order valence-corrected chi connectivity index (χ0v) is 14.4. The van der Waals surface area contributed by atoms with Gasteiger partial charge in [0.1, 0.15) is 13.2 Å². The molecule has 0 fully saturated rings. The van der Waals surface area contributed by atoms with Crippen LogP contribution in [0.2, 0.25) is 0 Å². The molecule has 0 aromatic heterocycles. The molecule has 5 heteroatoms. The predicted octanol–water partition coefficient (Wildman–Crippen LogP) is 4.35. The van der Waals surface area contributed by atoms with Crippen LogP contribution in [0.1, 0.15) is 24.8 Å². The lowest BCUT2D eigenvalue weighted by molar-refractivity contribution is -0.116. The number of anilines is 1. The maximum atomic E-state index is 12.2. The first-order chi connectivity index (χ1) is 11.1. The van der Waals surface area contributed by atoms with E-state index in [2.05, 4.69) is 21.2 Å². The number of benzene rings is 2. The molecule has 23 heavy (non-hydrogen) atoms. The molecular formula is C18H18BrNO3. The van der Waals surface area contributed by atoms with E-state index in [0.717, 1.165) is 27.2 Å². The molecule has 120 valence electrons. The van der Waals surface area contributed by atoms with Crippen LogP contribution in [-0.2, 0) is 4.79 Å². The van der Waals surface area contributed by atoms with E-state index in [4.69, 9.17) is 9.47 Å². The molecule has 4 nitrogen and oxygen atoms in total. The summed E-state index contributed by atoms with van der Waals surface area (Å²) in [5.74, 6) is 1.60. The van der Waals surface area contributed by atoms with Gasteiger partial charge in [-0.15, -0.1) is 0 Å². The number of hydrogen-bond acceptors (Lipinski definition) is 3. The molecule has 1 unspecified atom stereocenters. The fourth-order valence-electron chi connectivity index (χ4n) is 2.53. The molecule has 0 bridgehead atoms. The molecule has 0 spiro atoms. The van der Waals surface area contributed by atoms with Gasteiger partial charge in [-0.3, -0.25) is 4.79 Å². The van der Waals surface area contributed by atoms with Crippen molar-refractivity contribution in [1.29, 1.82) is 0 Å². The van der Waals surface area contributed by atoms with E-state index < -0.39 is 0 Å². The Bertz CT molecular complexity index is 717. The summed E-state index contributed by atoms with van der Waals surface area (Å²) in [6, 6.07) is 13.4. The van der Waals surface area contributed by atoms with Crippen molar-refractivity contribution in [3.05, 3.63) is 52.5 Å². The molecule has 1 heterocycles. The van der Waals surface area contributed by atoms with E-state index in [-0.39, 0.29) is 11.8 Å². The van der Waals surface area contributed by atoms with Crippen molar-refractivity contribution in [3.8, 4) is 11.5 Å². The molecular weight excluding hydrogens is 358 g/mol. The number of rotatable bonds is 4. The van der Waals surface area contributed by atoms with Crippen molar-refractivity contribution >= 4 is 27.5 Å². The molecule has 1 N–H and O–H groups in total. The number of carbonyl (C=O) groups excluding carboxylic acids is 1. The first-order valence-electron chi connectivity index (χ1n) is 7.57. The van der Waals surface area contributed by atoms with Crippen LogP contribution in [0.15, 0.2) is 46.9 Å². The Balaban J connectivity index is 1.65. The Hall–Kier alpha value is -2.01. The van der Waals surface area contributed by atoms with Crippen molar-refractivity contribution in [1.82, 2.24) is 0 Å². The molecule has 1 atom stereocenters. The summed E-state index contributed by atoms with van der Waals surface area (Å²) in [6.07, 6.45) is 0.404. The highest BCUT2D eigenvalue weighted by Crippen LogP contribution is 2.34. The lowest BCUT2D eigenvalue weighted by Gasteiger charge is -2.20. The number of carbonyl (C=O) groups is 1. The van der Waals surface area contributed by atoms with Crippen molar-refractivity contribution in [3.63, 3.8) is 0 Å². The number of ether oxygens (including phenoxy) is 2. The summed E-state index contributed by atoms with van der Waals surface area (Å²) in [6.45, 7) is 3.18. The molecule has 1 aliphatic heterocycles. The van der Waals surface area contributed by atoms with Gasteiger partial charge in [-0.2, -0.15) is 0 Å². The van der Waals surface area contributed by atoms with E-state index in [0.29, 0.717) is 19.6 Å². The minimum atomic E-state index is -0.0145. The third-order valence-corrected chi connectivity index (χ3v) is 4.47. The van der Waals surface area contributed by atoms with E-state index >= 15 is 0 Å². The molecule has 2 aromatic rings. The van der Waals surface area contributed by atoms with Crippen LogP contribution in [0.5, 0.6) is 11.5 Å². The Kier molecular flexibility index (Phi) is 4.86. The van der Waals surface area contributed by atoms with Gasteiger partial charge in [0.2, 0.25) is 5.91 Å². The maximum Gasteiger partial charge on any atom is 0.225 e. The number of nitrogens with one attached hydrogen (secondary N) is 1. The van der Waals surface area contributed by atoms with Gasteiger partial charge in [0.15, 0.2) is 11.5 Å². The highest BCUT2D eigenvalue weighted by Gasteiger charge is 2.17. The van der Waals surface area contributed by atoms with Crippen LogP contribution in [-0.4, -0.2) is 19.1 Å². The Morgan fingerprint density at radius 3 is 2.70 bits per heavy atom. The largest absolute Gasteiger partial charge is 0.486 e. The Morgan fingerprint density at radius 1 is 1.17 bits per heavy atom. The monoisotopic (exact) mass is 375 g/mol. The van der Waals surface area contributed by atoms with Crippen LogP contribution in [0.25, 0.3) is 0 Å². The minimum Gasteiger partial charge on any atom is -0.486 e. The second-order valence-electron chi connectivity index (χ2n) is 5.54. The summed E-state index contributed by atoms with van der Waals surface area (Å²) >= 11 is 3.43. The molecule has 1 aliphatic rings. The van der Waals surface area contributed by atoms with Gasteiger partial charge in [0, 0.05) is 10.9 Å². The van der Waals surface area contributed by atoms with Gasteiger partial charge < -0.3 is 14.8 Å². The molecule has 3 rings (SSSR count). The Morgan fingerprint density at radius 2 is 1.91 bits per heavy atom. The molecule has 0 saturated heterocycles. The van der Waals surface area contributed by atoms with Crippen LogP contribution in [0.4, 0.5) is 5.69 Å². The van der Waals surface area contributed by atoms with Crippen molar-refractivity contribution in [2.45, 2.75) is 19.3 Å². The van der Waals surface area contributed by atoms with Gasteiger partial charge in [-0.05, 0) is 51.7 Å². The van der Waals surface area contributed by atoms with Crippen LogP contribution < -0.4 is 14.8 Å². The standard InChI is InChI=1S/C18H18BrNO3/c1-12(10-18(21)20-15-5-3-2-4-14(15)19)13-6-7-16-17(11-13)23-9-8-22-16/h2-7,11-12H,8-10H2,1H3,(H,20,21). The van der Waals surface area contributed by atoms with Crippen LogP contribution >= 0.6 is 15.9 Å². The molecule has 2 aromatic carbocycles. The maximum absolute atomic E-state index is 12.2. The second kappa shape index (κ2) is 7.04. The number of halogens is 1. The van der Waals surface area contributed by atoms with Crippen molar-refractivity contribution in [2.75, 3.05) is 18.5 Å². The summed E-state index contributed by atoms with van der Waals surface area (Å²) in [4.78, 5) is 12.2. The smallest absolute Gasteiger partial charge is 0.225 e. The topological polar surface area (TPSA) is 47.6 Å². The van der Waals surface area contributed by atoms with Gasteiger partial charge in [0.05, 0.1) is 5.69 Å². The summed E-state index contributed by atoms with van der Waals surface area (Å²) < 4.78 is 12.0. The first kappa shape index (κ1) is 15.9. The first-order valence-corrected chi connectivity index (χ1v) is 8.36. The highest BCUT2D eigenvalue weighted by atomic mass is 79.9. The zero-order chi connectivity index (χ0) is 16.2. The quantitative estimate of drug-likeness (QED) is 0.863. The fraction of sp³-hybridized carbons (Fsp3) is 0.278. The third kappa shape index (κ3) is 3.85. The van der Waals surface area contributed by atoms with E-state index in [9.17, 15) is 4.79 Å². The second-order valence-corrected chi connectivity index (χ2v) is 6.39. The van der Waals surface area contributed by atoms with Crippen LogP contribution in [0, 0.1) is 0 Å². The van der Waals surface area contributed by atoms with Crippen LogP contribution in [0.3, 0.4) is 0 Å². The number of amides is 1. The van der Waals surface area contributed by atoms with E-state index in [1.54, 1.807) is 0 Å². The molecule has 0 saturated carbocycles. The SMILES string of the molecule is CC(CC(=O)Nc1ccccc1Br)c1ccc2c(c1)OCCO2. The number of hydrogen-bond donors (Lipinski definition) is 1. The third-order valence-electron chi connectivity index (χ3n) is 3.77. The average molecular weight is 376 g/mol. The van der Waals surface area contributed by atoms with Gasteiger partial charge in [-0.1, -0.05) is 25.1 Å².